The van der Waals surface area contributed by atoms with Gasteiger partial charge in [-0.05, 0) is 11.5 Å². The second kappa shape index (κ2) is 5.37. The second-order valence-electron chi connectivity index (χ2n) is 2.53. The van der Waals surface area contributed by atoms with Gasteiger partial charge in [-0.25, -0.2) is 4.79 Å². The van der Waals surface area contributed by atoms with Gasteiger partial charge in [0.2, 0.25) is 0 Å². The van der Waals surface area contributed by atoms with E-state index in [1.165, 1.54) is 6.20 Å². The molecule has 0 aliphatic rings. The summed E-state index contributed by atoms with van der Waals surface area (Å²) >= 11 is 0.926. The van der Waals surface area contributed by atoms with Crippen LogP contribution in [0.1, 0.15) is 9.67 Å². The molecule has 1 unspecified atom stereocenters. The monoisotopic (exact) mass is 231 g/mol. The minimum Gasteiger partial charge on any atom is -0.467 e. The van der Waals surface area contributed by atoms with Crippen LogP contribution in [0.5, 0.6) is 0 Å². The van der Waals surface area contributed by atoms with E-state index in [1.54, 1.807) is 0 Å². The summed E-state index contributed by atoms with van der Waals surface area (Å²) in [5.74, 6) is -1.23. The molecule has 0 aliphatic carbocycles. The van der Waals surface area contributed by atoms with Gasteiger partial charge in [-0.1, -0.05) is 4.49 Å². The van der Waals surface area contributed by atoms with Gasteiger partial charge in [-0.3, -0.25) is 4.79 Å². The SMILES string of the molecule is COC(=O)C(O)CNC(=O)c1cnns1. The van der Waals surface area contributed by atoms with E-state index in [2.05, 4.69) is 19.6 Å². The molecule has 82 valence electrons. The quantitative estimate of drug-likeness (QED) is 0.631. The first-order chi connectivity index (χ1) is 7.15. The first kappa shape index (κ1) is 11.5. The van der Waals surface area contributed by atoms with E-state index in [0.29, 0.717) is 4.88 Å². The van der Waals surface area contributed by atoms with Crippen molar-refractivity contribution < 1.29 is 19.4 Å². The topological polar surface area (TPSA) is 101 Å². The van der Waals surface area contributed by atoms with Gasteiger partial charge in [0.1, 0.15) is 4.88 Å². The number of nitrogens with one attached hydrogen (secondary N) is 1. The number of aliphatic hydroxyl groups excluding tert-OH is 1. The fourth-order valence-electron chi connectivity index (χ4n) is 0.763. The molecule has 1 aromatic heterocycles. The lowest BCUT2D eigenvalue weighted by Gasteiger charge is -2.08. The Hall–Kier alpha value is -1.54. The van der Waals surface area contributed by atoms with E-state index in [9.17, 15) is 9.59 Å². The largest absolute Gasteiger partial charge is 0.467 e. The van der Waals surface area contributed by atoms with Gasteiger partial charge in [0, 0.05) is 0 Å². The predicted octanol–water partition coefficient (Wildman–Crippen LogP) is -1.20. The lowest BCUT2D eigenvalue weighted by atomic mass is 10.3. The summed E-state index contributed by atoms with van der Waals surface area (Å²) < 4.78 is 7.77. The number of rotatable bonds is 4. The van der Waals surface area contributed by atoms with Crippen molar-refractivity contribution >= 4 is 23.4 Å². The lowest BCUT2D eigenvalue weighted by Crippen LogP contribution is -2.36. The fraction of sp³-hybridized carbons (Fsp3) is 0.429. The number of nitrogens with zero attached hydrogens (tertiary/aromatic N) is 2. The lowest BCUT2D eigenvalue weighted by molar-refractivity contribution is -0.149. The number of amides is 1. The Morgan fingerprint density at radius 1 is 1.73 bits per heavy atom. The van der Waals surface area contributed by atoms with Crippen molar-refractivity contribution in [3.05, 3.63) is 11.1 Å². The van der Waals surface area contributed by atoms with Crippen LogP contribution < -0.4 is 5.32 Å². The normalized spacial score (nSPS) is 11.9. The standard InChI is InChI=1S/C7H9N3O4S/c1-14-7(13)4(11)2-8-6(12)5-3-9-10-15-5/h3-4,11H,2H2,1H3,(H,8,12). The Kier molecular flexibility index (Phi) is 4.13. The number of methoxy groups -OCH3 is 1. The predicted molar refractivity (Wildman–Crippen MR) is 50.3 cm³/mol. The van der Waals surface area contributed by atoms with Crippen molar-refractivity contribution in [1.29, 1.82) is 0 Å². The number of carbonyl (C=O) groups is 2. The second-order valence-corrected chi connectivity index (χ2v) is 3.32. The Morgan fingerprint density at radius 3 is 3.00 bits per heavy atom. The summed E-state index contributed by atoms with van der Waals surface area (Å²) in [7, 11) is 1.15. The molecule has 0 aliphatic heterocycles. The van der Waals surface area contributed by atoms with E-state index in [-0.39, 0.29) is 6.54 Å². The van der Waals surface area contributed by atoms with Crippen LogP contribution in [0.2, 0.25) is 0 Å². The molecular weight excluding hydrogens is 222 g/mol. The highest BCUT2D eigenvalue weighted by Crippen LogP contribution is 2.00. The third-order valence-corrected chi connectivity index (χ3v) is 2.18. The summed E-state index contributed by atoms with van der Waals surface area (Å²) in [6, 6.07) is 0. The number of esters is 1. The molecule has 8 heteroatoms. The van der Waals surface area contributed by atoms with E-state index < -0.39 is 18.0 Å². The summed E-state index contributed by atoms with van der Waals surface area (Å²) in [5.41, 5.74) is 0. The van der Waals surface area contributed by atoms with Crippen molar-refractivity contribution in [2.45, 2.75) is 6.10 Å². The van der Waals surface area contributed by atoms with Crippen molar-refractivity contribution in [3.63, 3.8) is 0 Å². The molecule has 1 heterocycles. The number of ether oxygens (including phenoxy) is 1. The van der Waals surface area contributed by atoms with Crippen LogP contribution in [0.4, 0.5) is 0 Å². The molecule has 0 saturated carbocycles. The molecule has 0 spiro atoms. The zero-order chi connectivity index (χ0) is 11.3. The first-order valence-corrected chi connectivity index (χ1v) is 4.74. The average molecular weight is 231 g/mol. The highest BCUT2D eigenvalue weighted by molar-refractivity contribution is 7.07. The molecular formula is C7H9N3O4S. The minimum atomic E-state index is -1.36. The Bertz CT molecular complexity index is 340. The molecule has 1 atom stereocenters. The van der Waals surface area contributed by atoms with E-state index in [0.717, 1.165) is 18.6 Å². The van der Waals surface area contributed by atoms with Gasteiger partial charge in [-0.15, -0.1) is 5.10 Å². The average Bonchev–Trinajstić information content (AvgIpc) is 2.77. The maximum Gasteiger partial charge on any atom is 0.336 e. The van der Waals surface area contributed by atoms with Crippen LogP contribution >= 0.6 is 11.5 Å². The van der Waals surface area contributed by atoms with Crippen LogP contribution in [-0.2, 0) is 9.53 Å². The molecule has 0 radical (unpaired) electrons. The molecule has 1 aromatic rings. The van der Waals surface area contributed by atoms with Gasteiger partial charge in [0.15, 0.2) is 6.10 Å². The smallest absolute Gasteiger partial charge is 0.336 e. The molecule has 2 N–H and O–H groups in total. The van der Waals surface area contributed by atoms with Crippen LogP contribution in [0.25, 0.3) is 0 Å². The van der Waals surface area contributed by atoms with Gasteiger partial charge in [-0.2, -0.15) is 0 Å². The molecule has 0 aromatic carbocycles. The zero-order valence-electron chi connectivity index (χ0n) is 7.84. The third-order valence-electron chi connectivity index (χ3n) is 1.51. The van der Waals surface area contributed by atoms with E-state index >= 15 is 0 Å². The molecule has 1 amide bonds. The van der Waals surface area contributed by atoms with E-state index in [1.807, 2.05) is 0 Å². The van der Waals surface area contributed by atoms with Crippen molar-refractivity contribution in [2.24, 2.45) is 0 Å². The van der Waals surface area contributed by atoms with Crippen molar-refractivity contribution in [2.75, 3.05) is 13.7 Å². The highest BCUT2D eigenvalue weighted by atomic mass is 32.1. The Morgan fingerprint density at radius 2 is 2.47 bits per heavy atom. The Balaban J connectivity index is 2.38. The van der Waals surface area contributed by atoms with Gasteiger partial charge in [0.05, 0.1) is 19.9 Å². The maximum atomic E-state index is 11.3. The van der Waals surface area contributed by atoms with Crippen molar-refractivity contribution in [1.82, 2.24) is 14.9 Å². The zero-order valence-corrected chi connectivity index (χ0v) is 8.65. The maximum absolute atomic E-state index is 11.3. The van der Waals surface area contributed by atoms with E-state index in [4.69, 9.17) is 5.11 Å². The summed E-state index contributed by atoms with van der Waals surface area (Å²) in [6.45, 7) is -0.205. The molecule has 7 nitrogen and oxygen atoms in total. The van der Waals surface area contributed by atoms with Crippen molar-refractivity contribution in [3.8, 4) is 0 Å². The third kappa shape index (κ3) is 3.26. The first-order valence-electron chi connectivity index (χ1n) is 3.96. The molecule has 1 rings (SSSR count). The van der Waals surface area contributed by atoms with Crippen LogP contribution in [0, 0.1) is 0 Å². The number of aromatic nitrogens is 2. The van der Waals surface area contributed by atoms with Crippen LogP contribution in [0.3, 0.4) is 0 Å². The number of carbonyl (C=O) groups excluding carboxylic acids is 2. The van der Waals surface area contributed by atoms with Gasteiger partial charge in [0.25, 0.3) is 5.91 Å². The summed E-state index contributed by atoms with van der Waals surface area (Å²) in [5, 5.41) is 15.0. The van der Waals surface area contributed by atoms with Crippen LogP contribution in [0.15, 0.2) is 6.20 Å². The van der Waals surface area contributed by atoms with Gasteiger partial charge < -0.3 is 15.2 Å². The number of aliphatic hydroxyl groups is 1. The number of hydrogen-bond acceptors (Lipinski definition) is 7. The molecule has 0 saturated heterocycles. The van der Waals surface area contributed by atoms with Crippen LogP contribution in [-0.4, -0.2) is 46.3 Å². The molecule has 0 bridgehead atoms. The Labute approximate surface area is 89.2 Å². The van der Waals surface area contributed by atoms with Gasteiger partial charge >= 0.3 is 5.97 Å². The molecule has 0 fully saturated rings. The highest BCUT2D eigenvalue weighted by Gasteiger charge is 2.17. The summed E-state index contributed by atoms with van der Waals surface area (Å²) in [6.07, 6.45) is -0.0651. The minimum absolute atomic E-state index is 0.205. The molecule has 15 heavy (non-hydrogen) atoms. The number of hydrogen-bond donors (Lipinski definition) is 2. The summed E-state index contributed by atoms with van der Waals surface area (Å²) in [4.78, 5) is 22.4. The fourth-order valence-corrected chi connectivity index (χ4v) is 1.19.